The van der Waals surface area contributed by atoms with Crippen molar-refractivity contribution in [1.29, 1.82) is 0 Å². The lowest BCUT2D eigenvalue weighted by molar-refractivity contribution is -0.132. The number of hydrogen-bond donors (Lipinski definition) is 0. The van der Waals surface area contributed by atoms with E-state index in [0.29, 0.717) is 9.21 Å². The number of halogens is 1. The standard InChI is InChI=1S/C19H20ClNO3S/c1-24-14-6-4-13(5-7-14)15-3-2-12-21(15)19(23)11-8-16(22)17-9-10-18(20)25-17/h4-7,9-10,15H,2-3,8,11-12H2,1H3/t15-/m1/s1. The minimum Gasteiger partial charge on any atom is -0.497 e. The molecule has 1 amide bonds. The number of rotatable bonds is 6. The summed E-state index contributed by atoms with van der Waals surface area (Å²) in [5.41, 5.74) is 1.11. The molecule has 1 aliphatic rings. The highest BCUT2D eigenvalue weighted by atomic mass is 35.5. The van der Waals surface area contributed by atoms with E-state index in [9.17, 15) is 9.59 Å². The zero-order valence-electron chi connectivity index (χ0n) is 14.0. The molecule has 25 heavy (non-hydrogen) atoms. The van der Waals surface area contributed by atoms with Crippen molar-refractivity contribution in [3.63, 3.8) is 0 Å². The van der Waals surface area contributed by atoms with Crippen LogP contribution in [0.25, 0.3) is 0 Å². The lowest BCUT2D eigenvalue weighted by atomic mass is 10.0. The molecule has 0 radical (unpaired) electrons. The molecule has 1 aromatic carbocycles. The van der Waals surface area contributed by atoms with Crippen molar-refractivity contribution >= 4 is 34.6 Å². The van der Waals surface area contributed by atoms with Gasteiger partial charge in [0.2, 0.25) is 5.91 Å². The number of methoxy groups -OCH3 is 1. The molecular weight excluding hydrogens is 358 g/mol. The fraction of sp³-hybridized carbons (Fsp3) is 0.368. The summed E-state index contributed by atoms with van der Waals surface area (Å²) in [4.78, 5) is 27.3. The maximum Gasteiger partial charge on any atom is 0.223 e. The number of thiophene rings is 1. The average Bonchev–Trinajstić information content (AvgIpc) is 3.28. The lowest BCUT2D eigenvalue weighted by Gasteiger charge is -2.25. The molecule has 2 heterocycles. The van der Waals surface area contributed by atoms with Crippen molar-refractivity contribution in [2.24, 2.45) is 0 Å². The predicted molar refractivity (Wildman–Crippen MR) is 99.6 cm³/mol. The topological polar surface area (TPSA) is 46.6 Å². The number of carbonyl (C=O) groups is 2. The SMILES string of the molecule is COc1ccc([C@H]2CCCN2C(=O)CCC(=O)c2ccc(Cl)s2)cc1. The van der Waals surface area contributed by atoms with Gasteiger partial charge in [-0.05, 0) is 42.7 Å². The van der Waals surface area contributed by atoms with Crippen LogP contribution in [0.1, 0.15) is 47.0 Å². The molecule has 1 aliphatic heterocycles. The Kier molecular flexibility index (Phi) is 5.76. The second-order valence-corrected chi connectivity index (χ2v) is 7.76. The Hall–Kier alpha value is -1.85. The summed E-state index contributed by atoms with van der Waals surface area (Å²) < 4.78 is 5.78. The summed E-state index contributed by atoms with van der Waals surface area (Å²) in [6, 6.07) is 11.4. The van der Waals surface area contributed by atoms with E-state index in [1.165, 1.54) is 11.3 Å². The minimum atomic E-state index is -0.0227. The molecule has 132 valence electrons. The molecule has 4 nitrogen and oxygen atoms in total. The monoisotopic (exact) mass is 377 g/mol. The number of likely N-dealkylation sites (tertiary alicyclic amines) is 1. The number of amides is 1. The predicted octanol–water partition coefficient (Wildman–Crippen LogP) is 4.74. The largest absolute Gasteiger partial charge is 0.497 e. The number of ketones is 1. The lowest BCUT2D eigenvalue weighted by Crippen LogP contribution is -2.30. The second-order valence-electron chi connectivity index (χ2n) is 6.05. The Labute approximate surface area is 156 Å². The third kappa shape index (κ3) is 4.22. The normalized spacial score (nSPS) is 16.9. The van der Waals surface area contributed by atoms with Crippen LogP contribution in [0.5, 0.6) is 5.75 Å². The van der Waals surface area contributed by atoms with Gasteiger partial charge in [-0.2, -0.15) is 0 Å². The summed E-state index contributed by atoms with van der Waals surface area (Å²) in [6.45, 7) is 0.745. The Morgan fingerprint density at radius 1 is 1.20 bits per heavy atom. The molecular formula is C19H20ClNO3S. The van der Waals surface area contributed by atoms with Crippen LogP contribution in [0.15, 0.2) is 36.4 Å². The number of nitrogens with zero attached hydrogens (tertiary/aromatic N) is 1. The van der Waals surface area contributed by atoms with Crippen LogP contribution in [-0.2, 0) is 4.79 Å². The molecule has 0 saturated carbocycles. The first-order valence-electron chi connectivity index (χ1n) is 8.30. The molecule has 0 aliphatic carbocycles. The van der Waals surface area contributed by atoms with E-state index in [-0.39, 0.29) is 30.6 Å². The van der Waals surface area contributed by atoms with Crippen molar-refractivity contribution in [2.45, 2.75) is 31.7 Å². The molecule has 1 saturated heterocycles. The van der Waals surface area contributed by atoms with Gasteiger partial charge in [0.05, 0.1) is 22.4 Å². The molecule has 1 atom stereocenters. The van der Waals surface area contributed by atoms with E-state index >= 15 is 0 Å². The molecule has 1 fully saturated rings. The molecule has 0 spiro atoms. The van der Waals surface area contributed by atoms with Crippen LogP contribution < -0.4 is 4.74 Å². The number of benzene rings is 1. The van der Waals surface area contributed by atoms with Gasteiger partial charge in [0, 0.05) is 19.4 Å². The van der Waals surface area contributed by atoms with Crippen molar-refractivity contribution in [3.8, 4) is 5.75 Å². The maximum atomic E-state index is 12.6. The van der Waals surface area contributed by atoms with E-state index in [0.717, 1.165) is 30.7 Å². The molecule has 2 aromatic rings. The fourth-order valence-corrected chi connectivity index (χ4v) is 4.20. The smallest absolute Gasteiger partial charge is 0.223 e. The van der Waals surface area contributed by atoms with Gasteiger partial charge in [0.25, 0.3) is 0 Å². The van der Waals surface area contributed by atoms with E-state index in [2.05, 4.69) is 0 Å². The molecule has 0 bridgehead atoms. The summed E-state index contributed by atoms with van der Waals surface area (Å²) >= 11 is 7.12. The number of Topliss-reactive ketones (excluding diaryl/α,β-unsaturated/α-hetero) is 1. The zero-order valence-corrected chi connectivity index (χ0v) is 15.6. The average molecular weight is 378 g/mol. The maximum absolute atomic E-state index is 12.6. The highest BCUT2D eigenvalue weighted by molar-refractivity contribution is 7.18. The molecule has 1 aromatic heterocycles. The van der Waals surface area contributed by atoms with Crippen LogP contribution >= 0.6 is 22.9 Å². The van der Waals surface area contributed by atoms with E-state index in [1.807, 2.05) is 29.2 Å². The van der Waals surface area contributed by atoms with Crippen molar-refractivity contribution < 1.29 is 14.3 Å². The van der Waals surface area contributed by atoms with Crippen LogP contribution in [-0.4, -0.2) is 30.2 Å². The summed E-state index contributed by atoms with van der Waals surface area (Å²) in [5.74, 6) is 0.819. The van der Waals surface area contributed by atoms with Crippen molar-refractivity contribution in [3.05, 3.63) is 51.2 Å². The van der Waals surface area contributed by atoms with Gasteiger partial charge in [-0.25, -0.2) is 0 Å². The quantitative estimate of drug-likeness (QED) is 0.683. The first-order valence-corrected chi connectivity index (χ1v) is 9.50. The van der Waals surface area contributed by atoms with Gasteiger partial charge >= 0.3 is 0 Å². The van der Waals surface area contributed by atoms with Gasteiger partial charge in [-0.1, -0.05) is 23.7 Å². The number of hydrogen-bond acceptors (Lipinski definition) is 4. The Balaban J connectivity index is 1.61. The highest BCUT2D eigenvalue weighted by Crippen LogP contribution is 2.33. The minimum absolute atomic E-state index is 0.0227. The van der Waals surface area contributed by atoms with Crippen LogP contribution in [0.2, 0.25) is 4.34 Å². The molecule has 0 unspecified atom stereocenters. The first-order chi connectivity index (χ1) is 12.1. The molecule has 3 rings (SSSR count). The molecule has 0 N–H and O–H groups in total. The Morgan fingerprint density at radius 3 is 2.60 bits per heavy atom. The summed E-state index contributed by atoms with van der Waals surface area (Å²) in [6.07, 6.45) is 2.39. The van der Waals surface area contributed by atoms with Crippen LogP contribution in [0.4, 0.5) is 0 Å². The van der Waals surface area contributed by atoms with Crippen molar-refractivity contribution in [2.75, 3.05) is 13.7 Å². The van der Waals surface area contributed by atoms with E-state index in [1.54, 1.807) is 19.2 Å². The Morgan fingerprint density at radius 2 is 1.96 bits per heavy atom. The molecule has 6 heteroatoms. The zero-order chi connectivity index (χ0) is 17.8. The fourth-order valence-electron chi connectivity index (χ4n) is 3.19. The number of ether oxygens (including phenoxy) is 1. The van der Waals surface area contributed by atoms with E-state index < -0.39 is 0 Å². The van der Waals surface area contributed by atoms with E-state index in [4.69, 9.17) is 16.3 Å². The summed E-state index contributed by atoms with van der Waals surface area (Å²) in [5, 5.41) is 0. The third-order valence-corrected chi connectivity index (χ3v) is 5.76. The first kappa shape index (κ1) is 18.0. The van der Waals surface area contributed by atoms with Gasteiger partial charge in [-0.3, -0.25) is 9.59 Å². The van der Waals surface area contributed by atoms with Crippen LogP contribution in [0, 0.1) is 0 Å². The summed E-state index contributed by atoms with van der Waals surface area (Å²) in [7, 11) is 1.64. The van der Waals surface area contributed by atoms with Gasteiger partial charge in [0.15, 0.2) is 5.78 Å². The Bertz CT molecular complexity index is 756. The number of carbonyl (C=O) groups excluding carboxylic acids is 2. The van der Waals surface area contributed by atoms with Gasteiger partial charge < -0.3 is 9.64 Å². The van der Waals surface area contributed by atoms with Crippen LogP contribution in [0.3, 0.4) is 0 Å². The van der Waals surface area contributed by atoms with Gasteiger partial charge in [0.1, 0.15) is 5.75 Å². The second kappa shape index (κ2) is 8.02. The van der Waals surface area contributed by atoms with Crippen molar-refractivity contribution in [1.82, 2.24) is 4.90 Å². The highest BCUT2D eigenvalue weighted by Gasteiger charge is 2.30. The third-order valence-electron chi connectivity index (χ3n) is 4.49. The van der Waals surface area contributed by atoms with Gasteiger partial charge in [-0.15, -0.1) is 11.3 Å².